The van der Waals surface area contributed by atoms with Gasteiger partial charge in [-0.1, -0.05) is 6.92 Å². The molecule has 1 aromatic rings. The summed E-state index contributed by atoms with van der Waals surface area (Å²) >= 11 is 4.99. The number of thiocarbonyl (C=S) groups is 1. The van der Waals surface area contributed by atoms with Crippen molar-refractivity contribution < 1.29 is 9.53 Å². The zero-order valence-corrected chi connectivity index (χ0v) is 15.5. The quantitative estimate of drug-likeness (QED) is 0.638. The second-order valence-corrected chi connectivity index (χ2v) is 7.50. The molecule has 2 heterocycles. The van der Waals surface area contributed by atoms with Gasteiger partial charge in [-0.3, -0.25) is 10.1 Å². The summed E-state index contributed by atoms with van der Waals surface area (Å²) in [5, 5.41) is 5.79. The fraction of sp³-hybridized carbons (Fsp3) is 0.444. The van der Waals surface area contributed by atoms with Crippen LogP contribution in [0, 0.1) is 0 Å². The average Bonchev–Trinajstić information content (AvgIpc) is 2.82. The highest BCUT2D eigenvalue weighted by Crippen LogP contribution is 2.45. The predicted octanol–water partition coefficient (Wildman–Crippen LogP) is 2.76. The van der Waals surface area contributed by atoms with Crippen molar-refractivity contribution in [2.24, 2.45) is 0 Å². The van der Waals surface area contributed by atoms with Crippen molar-refractivity contribution in [2.75, 3.05) is 19.1 Å². The minimum absolute atomic E-state index is 0.0937. The summed E-state index contributed by atoms with van der Waals surface area (Å²) in [6.07, 6.45) is 2.86. The molecular weight excluding hydrogens is 322 g/mol. The number of fused-ring (bicyclic) bond motifs is 1. The number of hydrogen-bond donors (Lipinski definition) is 2. The molecule has 128 valence electrons. The van der Waals surface area contributed by atoms with Gasteiger partial charge in [0.15, 0.2) is 5.11 Å². The summed E-state index contributed by atoms with van der Waals surface area (Å²) in [5.74, 6) is 0.956. The molecule has 0 bridgehead atoms. The van der Waals surface area contributed by atoms with E-state index in [2.05, 4.69) is 55.5 Å². The lowest BCUT2D eigenvalue weighted by Crippen LogP contribution is -2.45. The lowest BCUT2D eigenvalue weighted by Gasteiger charge is -2.45. The van der Waals surface area contributed by atoms with Gasteiger partial charge in [0.05, 0.1) is 7.11 Å². The Hall–Kier alpha value is -2.08. The number of ether oxygens (including phenoxy) is 1. The molecule has 5 nitrogen and oxygen atoms in total. The number of carbonyl (C=O) groups is 1. The highest BCUT2D eigenvalue weighted by atomic mass is 32.1. The smallest absolute Gasteiger partial charge is 0.273 e. The van der Waals surface area contributed by atoms with Crippen molar-refractivity contribution >= 4 is 35.0 Å². The molecule has 0 saturated carbocycles. The Bertz CT molecular complexity index is 755. The van der Waals surface area contributed by atoms with Gasteiger partial charge in [0.25, 0.3) is 5.91 Å². The minimum atomic E-state index is -0.217. The summed E-state index contributed by atoms with van der Waals surface area (Å²) < 4.78 is 5.57. The first-order valence-corrected chi connectivity index (χ1v) is 8.43. The first-order valence-electron chi connectivity index (χ1n) is 8.02. The maximum Gasteiger partial charge on any atom is 0.273 e. The van der Waals surface area contributed by atoms with Crippen LogP contribution in [0.1, 0.15) is 44.2 Å². The van der Waals surface area contributed by atoms with E-state index in [0.717, 1.165) is 17.7 Å². The van der Waals surface area contributed by atoms with E-state index >= 15 is 0 Å². The van der Waals surface area contributed by atoms with Crippen LogP contribution < -0.4 is 20.3 Å². The Labute approximate surface area is 148 Å². The number of rotatable bonds is 2. The topological polar surface area (TPSA) is 53.6 Å². The summed E-state index contributed by atoms with van der Waals surface area (Å²) in [4.78, 5) is 14.2. The first kappa shape index (κ1) is 16.8. The molecule has 0 aromatic heterocycles. The van der Waals surface area contributed by atoms with Crippen molar-refractivity contribution in [1.82, 2.24) is 10.6 Å². The second-order valence-electron chi connectivity index (χ2n) is 7.10. The van der Waals surface area contributed by atoms with Crippen LogP contribution in [0.4, 0.5) is 5.69 Å². The number of hydrogen-bond acceptors (Lipinski definition) is 4. The van der Waals surface area contributed by atoms with E-state index in [1.807, 2.05) is 0 Å². The fourth-order valence-corrected chi connectivity index (χ4v) is 3.74. The Morgan fingerprint density at radius 3 is 2.67 bits per heavy atom. The Balaban J connectivity index is 2.10. The van der Waals surface area contributed by atoms with Gasteiger partial charge >= 0.3 is 0 Å². The van der Waals surface area contributed by atoms with E-state index in [9.17, 15) is 4.79 Å². The molecular formula is C18H23N3O2S. The normalized spacial score (nSPS) is 23.8. The lowest BCUT2D eigenvalue weighted by molar-refractivity contribution is -0.115. The van der Waals surface area contributed by atoms with E-state index in [0.29, 0.717) is 16.7 Å². The average molecular weight is 345 g/mol. The minimum Gasteiger partial charge on any atom is -0.496 e. The van der Waals surface area contributed by atoms with Crippen molar-refractivity contribution in [2.45, 2.75) is 38.6 Å². The number of carbonyl (C=O) groups excluding carboxylic acids is 1. The third kappa shape index (κ3) is 2.75. The maximum absolute atomic E-state index is 11.9. The van der Waals surface area contributed by atoms with E-state index in [1.165, 1.54) is 11.3 Å². The van der Waals surface area contributed by atoms with Crippen LogP contribution in [0.25, 0.3) is 6.08 Å². The van der Waals surface area contributed by atoms with Gasteiger partial charge in [-0.05, 0) is 56.1 Å². The maximum atomic E-state index is 11.9. The molecule has 6 heteroatoms. The Morgan fingerprint density at radius 2 is 2.08 bits per heavy atom. The summed E-state index contributed by atoms with van der Waals surface area (Å²) in [7, 11) is 3.76. The highest BCUT2D eigenvalue weighted by Gasteiger charge is 2.35. The predicted molar refractivity (Wildman–Crippen MR) is 100 cm³/mol. The van der Waals surface area contributed by atoms with Crippen LogP contribution in [0.5, 0.6) is 5.75 Å². The lowest BCUT2D eigenvalue weighted by atomic mass is 9.80. The van der Waals surface area contributed by atoms with E-state index in [1.54, 1.807) is 13.2 Å². The van der Waals surface area contributed by atoms with Crippen LogP contribution in [-0.2, 0) is 4.79 Å². The molecule has 0 radical (unpaired) electrons. The van der Waals surface area contributed by atoms with E-state index in [-0.39, 0.29) is 11.4 Å². The number of nitrogens with zero attached hydrogens (tertiary/aromatic N) is 1. The number of benzene rings is 1. The molecule has 1 fully saturated rings. The van der Waals surface area contributed by atoms with Gasteiger partial charge in [-0.25, -0.2) is 0 Å². The molecule has 2 N–H and O–H groups in total. The van der Waals surface area contributed by atoms with Crippen molar-refractivity contribution in [3.8, 4) is 5.75 Å². The Kier molecular flexibility index (Phi) is 4.03. The number of amides is 1. The van der Waals surface area contributed by atoms with Crippen LogP contribution in [0.2, 0.25) is 0 Å². The SMILES string of the molecule is COc1cc2c(cc1/C=C1\NC(=S)NC1=O)C(C)CC(C)(C)N2C. The third-order valence-electron chi connectivity index (χ3n) is 5.00. The van der Waals surface area contributed by atoms with Crippen LogP contribution in [0.3, 0.4) is 0 Å². The van der Waals surface area contributed by atoms with E-state index < -0.39 is 0 Å². The van der Waals surface area contributed by atoms with Crippen molar-refractivity contribution in [1.29, 1.82) is 0 Å². The van der Waals surface area contributed by atoms with E-state index in [4.69, 9.17) is 17.0 Å². The molecule has 1 saturated heterocycles. The number of methoxy groups -OCH3 is 1. The van der Waals surface area contributed by atoms with Gasteiger partial charge < -0.3 is 15.0 Å². The Morgan fingerprint density at radius 1 is 1.38 bits per heavy atom. The number of anilines is 1. The monoisotopic (exact) mass is 345 g/mol. The van der Waals surface area contributed by atoms with Crippen LogP contribution in [0.15, 0.2) is 17.8 Å². The van der Waals surface area contributed by atoms with Crippen LogP contribution >= 0.6 is 12.2 Å². The van der Waals surface area contributed by atoms with Gasteiger partial charge in [-0.15, -0.1) is 0 Å². The zero-order valence-electron chi connectivity index (χ0n) is 14.7. The van der Waals surface area contributed by atoms with Gasteiger partial charge in [0.2, 0.25) is 0 Å². The van der Waals surface area contributed by atoms with Crippen LogP contribution in [-0.4, -0.2) is 30.7 Å². The molecule has 1 unspecified atom stereocenters. The van der Waals surface area contributed by atoms with Gasteiger partial charge in [0, 0.05) is 29.9 Å². The standard InChI is InChI=1S/C18H23N3O2S/c1-10-9-18(2,3)21(4)14-8-15(23-5)11(6-12(10)14)7-13-16(22)20-17(24)19-13/h6-8,10H,9H2,1-5H3,(H2,19,20,22,24)/b13-7-. The number of nitrogens with one attached hydrogen (secondary N) is 2. The molecule has 1 atom stereocenters. The molecule has 2 aliphatic heterocycles. The zero-order chi connectivity index (χ0) is 17.6. The van der Waals surface area contributed by atoms with Crippen molar-refractivity contribution in [3.05, 3.63) is 29.0 Å². The molecule has 3 rings (SSSR count). The van der Waals surface area contributed by atoms with Gasteiger partial charge in [-0.2, -0.15) is 0 Å². The first-order chi connectivity index (χ1) is 11.2. The molecule has 1 amide bonds. The summed E-state index contributed by atoms with van der Waals surface area (Å²) in [6, 6.07) is 4.18. The largest absolute Gasteiger partial charge is 0.496 e. The molecule has 24 heavy (non-hydrogen) atoms. The van der Waals surface area contributed by atoms with Gasteiger partial charge in [0.1, 0.15) is 11.4 Å². The molecule has 1 aromatic carbocycles. The third-order valence-corrected chi connectivity index (χ3v) is 5.21. The molecule has 0 aliphatic carbocycles. The molecule has 0 spiro atoms. The van der Waals surface area contributed by atoms with Crippen molar-refractivity contribution in [3.63, 3.8) is 0 Å². The fourth-order valence-electron chi connectivity index (χ4n) is 3.54. The summed E-state index contributed by atoms with van der Waals surface area (Å²) in [6.45, 7) is 6.75. The highest BCUT2D eigenvalue weighted by molar-refractivity contribution is 7.80. The molecule has 2 aliphatic rings. The second kappa shape index (κ2) is 5.77. The summed E-state index contributed by atoms with van der Waals surface area (Å²) in [5.41, 5.74) is 3.85.